The molecule has 1 fully saturated rings. The van der Waals surface area contributed by atoms with Crippen molar-refractivity contribution in [2.45, 2.75) is 65.5 Å². The van der Waals surface area contributed by atoms with Gasteiger partial charge in [0.15, 0.2) is 0 Å². The highest BCUT2D eigenvalue weighted by Gasteiger charge is 2.45. The predicted molar refractivity (Wildman–Crippen MR) is 76.0 cm³/mol. The minimum atomic E-state index is 0.224. The molecule has 1 aliphatic rings. The van der Waals surface area contributed by atoms with Crippen LogP contribution in [0.4, 0.5) is 0 Å². The van der Waals surface area contributed by atoms with Crippen LogP contribution in [0.2, 0.25) is 0 Å². The number of hydrogen-bond acceptors (Lipinski definition) is 2. The van der Waals surface area contributed by atoms with Gasteiger partial charge in [0.05, 0.1) is 0 Å². The van der Waals surface area contributed by atoms with Gasteiger partial charge in [0, 0.05) is 18.1 Å². The average molecular weight is 240 g/mol. The van der Waals surface area contributed by atoms with Crippen molar-refractivity contribution in [1.29, 1.82) is 0 Å². The number of nitrogens with zero attached hydrogens (tertiary/aromatic N) is 1. The highest BCUT2D eigenvalue weighted by molar-refractivity contribution is 5.01. The van der Waals surface area contributed by atoms with Crippen molar-refractivity contribution in [3.05, 3.63) is 0 Å². The van der Waals surface area contributed by atoms with Crippen LogP contribution in [-0.2, 0) is 0 Å². The molecular weight excluding hydrogens is 208 g/mol. The summed E-state index contributed by atoms with van der Waals surface area (Å²) in [5, 5.41) is 0. The second kappa shape index (κ2) is 5.71. The van der Waals surface area contributed by atoms with Crippen molar-refractivity contribution in [2.24, 2.45) is 23.5 Å². The molecule has 0 radical (unpaired) electrons. The third kappa shape index (κ3) is 2.68. The molecule has 0 aromatic heterocycles. The lowest BCUT2D eigenvalue weighted by atomic mass is 9.67. The number of likely N-dealkylation sites (N-methyl/N-ethyl adjacent to an activating group) is 1. The van der Waals surface area contributed by atoms with Crippen LogP contribution in [0.1, 0.15) is 53.9 Å². The molecule has 0 saturated heterocycles. The Hall–Kier alpha value is -0.0800. The Morgan fingerprint density at radius 3 is 2.35 bits per heavy atom. The minimum absolute atomic E-state index is 0.224. The summed E-state index contributed by atoms with van der Waals surface area (Å²) in [6.07, 6.45) is 3.97. The summed E-state index contributed by atoms with van der Waals surface area (Å²) in [4.78, 5) is 2.58. The summed E-state index contributed by atoms with van der Waals surface area (Å²) in [6.45, 7) is 12.5. The first kappa shape index (κ1) is 15.0. The molecule has 1 aliphatic carbocycles. The van der Waals surface area contributed by atoms with E-state index in [9.17, 15) is 0 Å². The molecule has 4 unspecified atom stereocenters. The molecule has 0 bridgehead atoms. The molecule has 2 N–H and O–H groups in total. The smallest absolute Gasteiger partial charge is 0.0359 e. The first-order valence-electron chi connectivity index (χ1n) is 7.29. The normalized spacial score (nSPS) is 36.5. The van der Waals surface area contributed by atoms with E-state index in [1.165, 1.54) is 19.3 Å². The molecule has 0 amide bonds. The Balaban J connectivity index is 2.93. The van der Waals surface area contributed by atoms with Crippen LogP contribution in [0.3, 0.4) is 0 Å². The van der Waals surface area contributed by atoms with Crippen LogP contribution in [0, 0.1) is 17.8 Å². The summed E-state index contributed by atoms with van der Waals surface area (Å²) in [6, 6.07) is 0.603. The molecule has 2 heteroatoms. The Kier molecular flexibility index (Phi) is 5.03. The van der Waals surface area contributed by atoms with Gasteiger partial charge in [-0.15, -0.1) is 0 Å². The van der Waals surface area contributed by atoms with Gasteiger partial charge in [-0.2, -0.15) is 0 Å². The Morgan fingerprint density at radius 1 is 1.29 bits per heavy atom. The molecule has 1 rings (SSSR count). The van der Waals surface area contributed by atoms with Gasteiger partial charge in [0.2, 0.25) is 0 Å². The number of rotatable bonds is 4. The predicted octanol–water partition coefficient (Wildman–Crippen LogP) is 3.12. The molecule has 0 aromatic rings. The molecular formula is C15H32N2. The molecule has 2 nitrogen and oxygen atoms in total. The average Bonchev–Trinajstić information content (AvgIpc) is 2.31. The highest BCUT2D eigenvalue weighted by atomic mass is 15.2. The van der Waals surface area contributed by atoms with Crippen LogP contribution in [-0.4, -0.2) is 30.1 Å². The van der Waals surface area contributed by atoms with Crippen molar-refractivity contribution >= 4 is 0 Å². The molecule has 17 heavy (non-hydrogen) atoms. The first-order chi connectivity index (χ1) is 7.86. The zero-order valence-electron chi connectivity index (χ0n) is 12.7. The summed E-state index contributed by atoms with van der Waals surface area (Å²) >= 11 is 0. The van der Waals surface area contributed by atoms with Crippen LogP contribution < -0.4 is 5.73 Å². The lowest BCUT2D eigenvalue weighted by Crippen LogP contribution is -2.62. The second-order valence-electron chi connectivity index (χ2n) is 6.56. The zero-order valence-corrected chi connectivity index (χ0v) is 12.7. The fourth-order valence-corrected chi connectivity index (χ4v) is 3.52. The van der Waals surface area contributed by atoms with E-state index in [0.29, 0.717) is 17.9 Å². The Morgan fingerprint density at radius 2 is 1.88 bits per heavy atom. The summed E-state index contributed by atoms with van der Waals surface area (Å²) < 4.78 is 0. The molecule has 0 aliphatic heterocycles. The largest absolute Gasteiger partial charge is 0.329 e. The van der Waals surface area contributed by atoms with Gasteiger partial charge in [0.25, 0.3) is 0 Å². The maximum Gasteiger partial charge on any atom is 0.0359 e. The van der Waals surface area contributed by atoms with E-state index < -0.39 is 0 Å². The van der Waals surface area contributed by atoms with Gasteiger partial charge in [-0.3, -0.25) is 4.90 Å². The topological polar surface area (TPSA) is 29.3 Å². The van der Waals surface area contributed by atoms with E-state index in [4.69, 9.17) is 5.73 Å². The molecule has 102 valence electrons. The summed E-state index contributed by atoms with van der Waals surface area (Å²) in [7, 11) is 2.28. The molecule has 0 aromatic carbocycles. The van der Waals surface area contributed by atoms with Crippen LogP contribution in [0.15, 0.2) is 0 Å². The van der Waals surface area contributed by atoms with Crippen LogP contribution in [0.5, 0.6) is 0 Å². The fraction of sp³-hybridized carbons (Fsp3) is 1.00. The van der Waals surface area contributed by atoms with Gasteiger partial charge >= 0.3 is 0 Å². The number of hydrogen-bond donors (Lipinski definition) is 1. The molecule has 4 atom stereocenters. The van der Waals surface area contributed by atoms with Crippen molar-refractivity contribution < 1.29 is 0 Å². The highest BCUT2D eigenvalue weighted by Crippen LogP contribution is 2.41. The van der Waals surface area contributed by atoms with E-state index in [2.05, 4.69) is 46.6 Å². The first-order valence-corrected chi connectivity index (χ1v) is 7.29. The van der Waals surface area contributed by atoms with Crippen molar-refractivity contribution in [3.63, 3.8) is 0 Å². The Bertz CT molecular complexity index is 239. The lowest BCUT2D eigenvalue weighted by Gasteiger charge is -2.53. The van der Waals surface area contributed by atoms with E-state index in [1.54, 1.807) is 0 Å². The van der Waals surface area contributed by atoms with E-state index >= 15 is 0 Å². The second-order valence-corrected chi connectivity index (χ2v) is 6.56. The van der Waals surface area contributed by atoms with Crippen molar-refractivity contribution in [1.82, 2.24) is 4.90 Å². The summed E-state index contributed by atoms with van der Waals surface area (Å²) in [5.41, 5.74) is 6.41. The quantitative estimate of drug-likeness (QED) is 0.818. The Labute approximate surface area is 108 Å². The third-order valence-corrected chi connectivity index (χ3v) is 5.60. The van der Waals surface area contributed by atoms with Gasteiger partial charge < -0.3 is 5.73 Å². The fourth-order valence-electron chi connectivity index (χ4n) is 3.52. The van der Waals surface area contributed by atoms with Gasteiger partial charge in [-0.05, 0) is 38.1 Å². The van der Waals surface area contributed by atoms with Gasteiger partial charge in [0.1, 0.15) is 0 Å². The molecule has 1 saturated carbocycles. The number of nitrogens with two attached hydrogens (primary N) is 1. The van der Waals surface area contributed by atoms with Crippen molar-refractivity contribution in [3.8, 4) is 0 Å². The monoisotopic (exact) mass is 240 g/mol. The minimum Gasteiger partial charge on any atom is -0.329 e. The molecule has 0 heterocycles. The SMILES string of the molecule is CC(C)C(C)N(C)C1(CN)CCCC(C)C1C. The van der Waals surface area contributed by atoms with E-state index in [1.807, 2.05) is 0 Å². The van der Waals surface area contributed by atoms with Gasteiger partial charge in [-0.25, -0.2) is 0 Å². The standard InChI is InChI=1S/C15H32N2/c1-11(2)14(5)17(6)15(10-16)9-7-8-12(3)13(15)4/h11-14H,7-10,16H2,1-6H3. The third-order valence-electron chi connectivity index (χ3n) is 5.60. The zero-order chi connectivity index (χ0) is 13.2. The maximum atomic E-state index is 6.19. The van der Waals surface area contributed by atoms with Crippen LogP contribution in [0.25, 0.3) is 0 Å². The maximum absolute atomic E-state index is 6.19. The lowest BCUT2D eigenvalue weighted by molar-refractivity contribution is -0.0264. The van der Waals surface area contributed by atoms with Crippen molar-refractivity contribution in [2.75, 3.05) is 13.6 Å². The van der Waals surface area contributed by atoms with Crippen LogP contribution >= 0.6 is 0 Å². The van der Waals surface area contributed by atoms with E-state index in [-0.39, 0.29) is 5.54 Å². The summed E-state index contributed by atoms with van der Waals surface area (Å²) in [5.74, 6) is 2.19. The van der Waals surface area contributed by atoms with Gasteiger partial charge in [-0.1, -0.05) is 40.5 Å². The van der Waals surface area contributed by atoms with E-state index in [0.717, 1.165) is 12.5 Å². The molecule has 0 spiro atoms.